The lowest BCUT2D eigenvalue weighted by molar-refractivity contribution is 0.803. The van der Waals surface area contributed by atoms with Gasteiger partial charge in [-0.3, -0.25) is 4.98 Å². The first-order valence-corrected chi connectivity index (χ1v) is 6.07. The van der Waals surface area contributed by atoms with Gasteiger partial charge in [0.25, 0.3) is 0 Å². The van der Waals surface area contributed by atoms with Gasteiger partial charge >= 0.3 is 0 Å². The first-order valence-electron chi connectivity index (χ1n) is 5.25. The van der Waals surface area contributed by atoms with Crippen LogP contribution in [0.15, 0.2) is 30.7 Å². The Labute approximate surface area is 94.0 Å². The molecule has 0 aromatic carbocycles. The lowest BCUT2D eigenvalue weighted by Crippen LogP contribution is -1.76. The standard InChI is InChI=1S/C12H14N2S/c1-2-3-6-11-9-14-12(15-11)10-5-4-7-13-8-10/h4-5,7-9H,2-3,6H2,1H3. The van der Waals surface area contributed by atoms with Crippen LogP contribution in [-0.2, 0) is 6.42 Å². The Morgan fingerprint density at radius 1 is 1.33 bits per heavy atom. The molecule has 2 heterocycles. The Kier molecular flexibility index (Phi) is 3.45. The topological polar surface area (TPSA) is 25.8 Å². The molecular formula is C12H14N2S. The van der Waals surface area contributed by atoms with Crippen molar-refractivity contribution in [3.05, 3.63) is 35.6 Å². The van der Waals surface area contributed by atoms with E-state index in [2.05, 4.69) is 23.0 Å². The summed E-state index contributed by atoms with van der Waals surface area (Å²) in [4.78, 5) is 9.89. The zero-order valence-corrected chi connectivity index (χ0v) is 9.63. The molecule has 0 spiro atoms. The SMILES string of the molecule is CCCCc1cnc(-c2cccnc2)s1. The van der Waals surface area contributed by atoms with E-state index in [0.717, 1.165) is 17.0 Å². The number of aryl methyl sites for hydroxylation is 1. The fourth-order valence-corrected chi connectivity index (χ4v) is 2.34. The summed E-state index contributed by atoms with van der Waals surface area (Å²) in [7, 11) is 0. The fraction of sp³-hybridized carbons (Fsp3) is 0.333. The molecule has 0 amide bonds. The highest BCUT2D eigenvalue weighted by Gasteiger charge is 2.03. The smallest absolute Gasteiger partial charge is 0.125 e. The van der Waals surface area contributed by atoms with Gasteiger partial charge in [-0.15, -0.1) is 11.3 Å². The first-order chi connectivity index (χ1) is 7.40. The second kappa shape index (κ2) is 5.03. The van der Waals surface area contributed by atoms with Crippen LogP contribution in [0.4, 0.5) is 0 Å². The van der Waals surface area contributed by atoms with Gasteiger partial charge < -0.3 is 0 Å². The second-order valence-electron chi connectivity index (χ2n) is 3.48. The van der Waals surface area contributed by atoms with E-state index in [9.17, 15) is 0 Å². The quantitative estimate of drug-likeness (QED) is 0.784. The van der Waals surface area contributed by atoms with Gasteiger partial charge in [0.2, 0.25) is 0 Å². The van der Waals surface area contributed by atoms with Crippen LogP contribution in [0.3, 0.4) is 0 Å². The van der Waals surface area contributed by atoms with E-state index in [1.807, 2.05) is 18.5 Å². The van der Waals surface area contributed by atoms with Gasteiger partial charge in [-0.25, -0.2) is 4.98 Å². The van der Waals surface area contributed by atoms with E-state index in [1.54, 1.807) is 17.5 Å². The average molecular weight is 218 g/mol. The van der Waals surface area contributed by atoms with Crippen LogP contribution in [0.2, 0.25) is 0 Å². The summed E-state index contributed by atoms with van der Waals surface area (Å²) in [6.07, 6.45) is 9.27. The molecule has 2 nitrogen and oxygen atoms in total. The Hall–Kier alpha value is -1.22. The number of thiazole rings is 1. The maximum atomic E-state index is 4.42. The third-order valence-corrected chi connectivity index (χ3v) is 3.34. The van der Waals surface area contributed by atoms with Crippen molar-refractivity contribution in [2.45, 2.75) is 26.2 Å². The van der Waals surface area contributed by atoms with Gasteiger partial charge in [0, 0.05) is 29.0 Å². The number of unbranched alkanes of at least 4 members (excludes halogenated alkanes) is 1. The Bertz CT molecular complexity index is 409. The lowest BCUT2D eigenvalue weighted by Gasteiger charge is -1.93. The summed E-state index contributed by atoms with van der Waals surface area (Å²) in [5.41, 5.74) is 1.12. The van der Waals surface area contributed by atoms with E-state index >= 15 is 0 Å². The van der Waals surface area contributed by atoms with Crippen molar-refractivity contribution in [1.82, 2.24) is 9.97 Å². The van der Waals surface area contributed by atoms with Gasteiger partial charge in [0.15, 0.2) is 0 Å². The Balaban J connectivity index is 2.14. The highest BCUT2D eigenvalue weighted by Crippen LogP contribution is 2.25. The van der Waals surface area contributed by atoms with Gasteiger partial charge in [-0.05, 0) is 25.0 Å². The Morgan fingerprint density at radius 3 is 3.00 bits per heavy atom. The molecule has 0 unspecified atom stereocenters. The maximum absolute atomic E-state index is 4.42. The highest BCUT2D eigenvalue weighted by molar-refractivity contribution is 7.15. The third kappa shape index (κ3) is 2.63. The monoisotopic (exact) mass is 218 g/mol. The van der Waals surface area contributed by atoms with Crippen LogP contribution in [0.5, 0.6) is 0 Å². The fourth-order valence-electron chi connectivity index (χ4n) is 1.40. The molecule has 0 radical (unpaired) electrons. The summed E-state index contributed by atoms with van der Waals surface area (Å²) in [6.45, 7) is 2.21. The van der Waals surface area contributed by atoms with E-state index in [4.69, 9.17) is 0 Å². The molecule has 2 aromatic rings. The van der Waals surface area contributed by atoms with Crippen LogP contribution >= 0.6 is 11.3 Å². The van der Waals surface area contributed by atoms with Crippen LogP contribution in [0, 0.1) is 0 Å². The molecular weight excluding hydrogens is 204 g/mol. The molecule has 0 aliphatic rings. The summed E-state index contributed by atoms with van der Waals surface area (Å²) < 4.78 is 0. The van der Waals surface area contributed by atoms with Gasteiger partial charge in [0.05, 0.1) is 0 Å². The molecule has 2 aromatic heterocycles. The van der Waals surface area contributed by atoms with Crippen molar-refractivity contribution in [1.29, 1.82) is 0 Å². The van der Waals surface area contributed by atoms with Crippen molar-refractivity contribution in [3.8, 4) is 10.6 Å². The summed E-state index contributed by atoms with van der Waals surface area (Å²) in [6, 6.07) is 4.00. The minimum absolute atomic E-state index is 1.08. The van der Waals surface area contributed by atoms with Crippen LogP contribution < -0.4 is 0 Å². The summed E-state index contributed by atoms with van der Waals surface area (Å²) >= 11 is 1.77. The summed E-state index contributed by atoms with van der Waals surface area (Å²) in [5.74, 6) is 0. The normalized spacial score (nSPS) is 10.5. The predicted octanol–water partition coefficient (Wildman–Crippen LogP) is 3.55. The van der Waals surface area contributed by atoms with Crippen molar-refractivity contribution in [2.75, 3.05) is 0 Å². The molecule has 0 atom stereocenters. The van der Waals surface area contributed by atoms with Crippen molar-refractivity contribution in [2.24, 2.45) is 0 Å². The van der Waals surface area contributed by atoms with E-state index in [0.29, 0.717) is 0 Å². The van der Waals surface area contributed by atoms with Gasteiger partial charge in [-0.1, -0.05) is 13.3 Å². The van der Waals surface area contributed by atoms with Gasteiger partial charge in [0.1, 0.15) is 5.01 Å². The molecule has 78 valence electrons. The summed E-state index contributed by atoms with van der Waals surface area (Å²) in [5, 5.41) is 1.08. The zero-order chi connectivity index (χ0) is 10.5. The number of hydrogen-bond acceptors (Lipinski definition) is 3. The molecule has 2 rings (SSSR count). The zero-order valence-electron chi connectivity index (χ0n) is 8.81. The number of nitrogens with zero attached hydrogens (tertiary/aromatic N) is 2. The van der Waals surface area contributed by atoms with Crippen molar-refractivity contribution in [3.63, 3.8) is 0 Å². The first kappa shape index (κ1) is 10.3. The predicted molar refractivity (Wildman–Crippen MR) is 64.0 cm³/mol. The van der Waals surface area contributed by atoms with E-state index in [1.165, 1.54) is 17.7 Å². The lowest BCUT2D eigenvalue weighted by atomic mass is 10.2. The number of rotatable bonds is 4. The molecule has 0 aliphatic carbocycles. The van der Waals surface area contributed by atoms with Crippen molar-refractivity contribution < 1.29 is 0 Å². The number of aromatic nitrogens is 2. The van der Waals surface area contributed by atoms with E-state index in [-0.39, 0.29) is 0 Å². The minimum atomic E-state index is 1.08. The van der Waals surface area contributed by atoms with Crippen LogP contribution in [0.1, 0.15) is 24.6 Å². The number of hydrogen-bond donors (Lipinski definition) is 0. The Morgan fingerprint density at radius 2 is 2.27 bits per heavy atom. The minimum Gasteiger partial charge on any atom is -0.264 e. The number of pyridine rings is 1. The van der Waals surface area contributed by atoms with Gasteiger partial charge in [-0.2, -0.15) is 0 Å². The molecule has 0 bridgehead atoms. The van der Waals surface area contributed by atoms with Crippen molar-refractivity contribution >= 4 is 11.3 Å². The molecule has 0 fully saturated rings. The van der Waals surface area contributed by atoms with E-state index < -0.39 is 0 Å². The van der Waals surface area contributed by atoms with Crippen LogP contribution in [0.25, 0.3) is 10.6 Å². The second-order valence-corrected chi connectivity index (χ2v) is 4.59. The molecule has 0 N–H and O–H groups in total. The third-order valence-electron chi connectivity index (χ3n) is 2.24. The van der Waals surface area contributed by atoms with Crippen LogP contribution in [-0.4, -0.2) is 9.97 Å². The largest absolute Gasteiger partial charge is 0.264 e. The molecule has 15 heavy (non-hydrogen) atoms. The molecule has 0 saturated heterocycles. The highest BCUT2D eigenvalue weighted by atomic mass is 32.1. The maximum Gasteiger partial charge on any atom is 0.125 e. The molecule has 0 aliphatic heterocycles. The molecule has 3 heteroatoms. The average Bonchev–Trinajstić information content (AvgIpc) is 2.76. The molecule has 0 saturated carbocycles.